The average molecular weight is 237 g/mol. The molecule has 0 spiro atoms. The van der Waals surface area contributed by atoms with E-state index < -0.39 is 0 Å². The second-order valence-corrected chi connectivity index (χ2v) is 5.24. The zero-order chi connectivity index (χ0) is 12.9. The van der Waals surface area contributed by atoms with Gasteiger partial charge < -0.3 is 5.73 Å². The van der Waals surface area contributed by atoms with Crippen LogP contribution in [0.15, 0.2) is 6.07 Å². The van der Waals surface area contributed by atoms with Crippen molar-refractivity contribution >= 4 is 0 Å². The van der Waals surface area contributed by atoms with E-state index in [0.29, 0.717) is 0 Å². The van der Waals surface area contributed by atoms with Crippen molar-refractivity contribution < 1.29 is 0 Å². The molecule has 0 aromatic carbocycles. The van der Waals surface area contributed by atoms with Crippen molar-refractivity contribution in [1.82, 2.24) is 9.78 Å². The number of nitrogens with zero attached hydrogens (tertiary/aromatic N) is 2. The summed E-state index contributed by atoms with van der Waals surface area (Å²) >= 11 is 0. The van der Waals surface area contributed by atoms with E-state index in [1.165, 1.54) is 25.0 Å². The van der Waals surface area contributed by atoms with Gasteiger partial charge in [0.15, 0.2) is 0 Å². The van der Waals surface area contributed by atoms with Crippen LogP contribution in [0.3, 0.4) is 0 Å². The number of hydrogen-bond acceptors (Lipinski definition) is 2. The zero-order valence-electron chi connectivity index (χ0n) is 11.8. The second-order valence-electron chi connectivity index (χ2n) is 5.24. The average Bonchev–Trinajstić information content (AvgIpc) is 2.63. The number of aromatic nitrogens is 2. The van der Waals surface area contributed by atoms with Crippen LogP contribution in [-0.2, 0) is 13.5 Å². The van der Waals surface area contributed by atoms with Gasteiger partial charge >= 0.3 is 0 Å². The van der Waals surface area contributed by atoms with Crippen molar-refractivity contribution in [3.05, 3.63) is 17.5 Å². The summed E-state index contributed by atoms with van der Waals surface area (Å²) in [5.74, 6) is 0. The van der Waals surface area contributed by atoms with Gasteiger partial charge in [-0.05, 0) is 44.2 Å². The van der Waals surface area contributed by atoms with Gasteiger partial charge in [-0.3, -0.25) is 4.68 Å². The third-order valence-electron chi connectivity index (χ3n) is 3.90. The first kappa shape index (κ1) is 14.2. The molecule has 0 aliphatic rings. The van der Waals surface area contributed by atoms with Crippen LogP contribution in [0.25, 0.3) is 0 Å². The van der Waals surface area contributed by atoms with E-state index in [4.69, 9.17) is 5.73 Å². The molecule has 0 aliphatic heterocycles. The predicted molar refractivity (Wildman–Crippen MR) is 73.0 cm³/mol. The van der Waals surface area contributed by atoms with E-state index in [2.05, 4.69) is 25.0 Å². The second kappa shape index (κ2) is 6.20. The Morgan fingerprint density at radius 3 is 2.53 bits per heavy atom. The summed E-state index contributed by atoms with van der Waals surface area (Å²) in [6, 6.07) is 2.19. The number of hydrogen-bond donors (Lipinski definition) is 1. The van der Waals surface area contributed by atoms with Gasteiger partial charge in [0, 0.05) is 12.7 Å². The summed E-state index contributed by atoms with van der Waals surface area (Å²) in [6.45, 7) is 7.32. The maximum absolute atomic E-state index is 6.03. The lowest BCUT2D eigenvalue weighted by molar-refractivity contribution is 0.246. The highest BCUT2D eigenvalue weighted by Crippen LogP contribution is 2.32. The van der Waals surface area contributed by atoms with Gasteiger partial charge in [-0.1, -0.05) is 26.7 Å². The third-order valence-corrected chi connectivity index (χ3v) is 3.90. The van der Waals surface area contributed by atoms with Gasteiger partial charge in [0.25, 0.3) is 0 Å². The summed E-state index contributed by atoms with van der Waals surface area (Å²) in [7, 11) is 2.03. The quantitative estimate of drug-likeness (QED) is 0.792. The molecule has 0 fully saturated rings. The minimum Gasteiger partial charge on any atom is -0.330 e. The van der Waals surface area contributed by atoms with Crippen molar-refractivity contribution in [2.75, 3.05) is 6.54 Å². The fourth-order valence-electron chi connectivity index (χ4n) is 2.47. The highest BCUT2D eigenvalue weighted by Gasteiger charge is 2.27. The standard InChI is InChI=1S/C14H27N3/c1-5-7-8-14(6-2,11-15)10-13-9-12(3)16-17(13)4/h9H,5-8,10-11,15H2,1-4H3. The lowest BCUT2D eigenvalue weighted by Gasteiger charge is -2.31. The molecule has 0 amide bonds. The van der Waals surface area contributed by atoms with Gasteiger partial charge in [-0.2, -0.15) is 5.10 Å². The van der Waals surface area contributed by atoms with Gasteiger partial charge in [0.05, 0.1) is 5.69 Å². The summed E-state index contributed by atoms with van der Waals surface area (Å²) in [5, 5.41) is 4.42. The fourth-order valence-corrected chi connectivity index (χ4v) is 2.47. The van der Waals surface area contributed by atoms with Crippen molar-refractivity contribution in [2.45, 2.75) is 52.9 Å². The summed E-state index contributed by atoms with van der Waals surface area (Å²) in [6.07, 6.45) is 5.93. The molecule has 1 rings (SSSR count). The Bertz CT molecular complexity index is 337. The smallest absolute Gasteiger partial charge is 0.0596 e. The van der Waals surface area contributed by atoms with Crippen LogP contribution in [0.4, 0.5) is 0 Å². The predicted octanol–water partition coefficient (Wildman–Crippen LogP) is 2.82. The van der Waals surface area contributed by atoms with Crippen LogP contribution >= 0.6 is 0 Å². The molecule has 0 aliphatic carbocycles. The number of unbranched alkanes of at least 4 members (excludes halogenated alkanes) is 1. The third kappa shape index (κ3) is 3.56. The Labute approximate surface area is 105 Å². The van der Waals surface area contributed by atoms with Crippen molar-refractivity contribution in [2.24, 2.45) is 18.2 Å². The molecule has 3 heteroatoms. The van der Waals surface area contributed by atoms with Gasteiger partial charge in [-0.25, -0.2) is 0 Å². The molecular formula is C14H27N3. The molecule has 1 heterocycles. The van der Waals surface area contributed by atoms with Gasteiger partial charge in [-0.15, -0.1) is 0 Å². The first-order valence-corrected chi connectivity index (χ1v) is 6.76. The SMILES string of the molecule is CCCCC(CC)(CN)Cc1cc(C)nn1C. The first-order valence-electron chi connectivity index (χ1n) is 6.76. The molecule has 1 atom stereocenters. The van der Waals surface area contributed by atoms with Crippen LogP contribution in [0.1, 0.15) is 50.9 Å². The van der Waals surface area contributed by atoms with Gasteiger partial charge in [0.2, 0.25) is 0 Å². The highest BCUT2D eigenvalue weighted by atomic mass is 15.3. The van der Waals surface area contributed by atoms with E-state index in [-0.39, 0.29) is 5.41 Å². The molecular weight excluding hydrogens is 210 g/mol. The Balaban J connectivity index is 2.81. The highest BCUT2D eigenvalue weighted by molar-refractivity contribution is 5.11. The minimum absolute atomic E-state index is 0.260. The summed E-state index contributed by atoms with van der Waals surface area (Å²) in [5.41, 5.74) is 8.70. The van der Waals surface area contributed by atoms with E-state index >= 15 is 0 Å². The monoisotopic (exact) mass is 237 g/mol. The van der Waals surface area contributed by atoms with Crippen LogP contribution < -0.4 is 5.73 Å². The van der Waals surface area contributed by atoms with E-state index in [9.17, 15) is 0 Å². The fraction of sp³-hybridized carbons (Fsp3) is 0.786. The molecule has 2 N–H and O–H groups in total. The number of nitrogens with two attached hydrogens (primary N) is 1. The molecule has 0 radical (unpaired) electrons. The van der Waals surface area contributed by atoms with E-state index in [0.717, 1.165) is 25.1 Å². The minimum atomic E-state index is 0.260. The lowest BCUT2D eigenvalue weighted by Crippen LogP contribution is -2.33. The van der Waals surface area contributed by atoms with Crippen molar-refractivity contribution in [1.29, 1.82) is 0 Å². The lowest BCUT2D eigenvalue weighted by atomic mass is 9.76. The van der Waals surface area contributed by atoms with Crippen LogP contribution in [0.5, 0.6) is 0 Å². The molecule has 17 heavy (non-hydrogen) atoms. The Kier molecular flexibility index (Phi) is 5.19. The van der Waals surface area contributed by atoms with Crippen molar-refractivity contribution in [3.8, 4) is 0 Å². The number of aryl methyl sites for hydroxylation is 2. The van der Waals surface area contributed by atoms with E-state index in [1.807, 2.05) is 18.7 Å². The van der Waals surface area contributed by atoms with Crippen molar-refractivity contribution in [3.63, 3.8) is 0 Å². The first-order chi connectivity index (χ1) is 8.06. The topological polar surface area (TPSA) is 43.8 Å². The molecule has 0 saturated carbocycles. The largest absolute Gasteiger partial charge is 0.330 e. The maximum atomic E-state index is 6.03. The Morgan fingerprint density at radius 2 is 2.12 bits per heavy atom. The van der Waals surface area contributed by atoms with Gasteiger partial charge in [0.1, 0.15) is 0 Å². The van der Waals surface area contributed by atoms with Crippen LogP contribution in [-0.4, -0.2) is 16.3 Å². The molecule has 1 aromatic rings. The Morgan fingerprint density at radius 1 is 1.41 bits per heavy atom. The molecule has 1 unspecified atom stereocenters. The maximum Gasteiger partial charge on any atom is 0.0596 e. The zero-order valence-corrected chi connectivity index (χ0v) is 11.8. The number of rotatable bonds is 7. The summed E-state index contributed by atoms with van der Waals surface area (Å²) < 4.78 is 2.00. The molecule has 3 nitrogen and oxygen atoms in total. The van der Waals surface area contributed by atoms with Crippen LogP contribution in [0.2, 0.25) is 0 Å². The van der Waals surface area contributed by atoms with Crippen LogP contribution in [0, 0.1) is 12.3 Å². The Hall–Kier alpha value is -0.830. The molecule has 0 saturated heterocycles. The van der Waals surface area contributed by atoms with E-state index in [1.54, 1.807) is 0 Å². The summed E-state index contributed by atoms with van der Waals surface area (Å²) in [4.78, 5) is 0. The normalized spacial score (nSPS) is 14.9. The molecule has 1 aromatic heterocycles. The molecule has 0 bridgehead atoms. The molecule has 98 valence electrons.